The molecule has 0 bridgehead atoms. The molecule has 0 saturated carbocycles. The second-order valence-corrected chi connectivity index (χ2v) is 7.07. The zero-order valence-electron chi connectivity index (χ0n) is 15.2. The average Bonchev–Trinajstić information content (AvgIpc) is 2.72. The van der Waals surface area contributed by atoms with Crippen LogP contribution in [0.3, 0.4) is 0 Å². The summed E-state index contributed by atoms with van der Waals surface area (Å²) in [7, 11) is 0. The Morgan fingerprint density at radius 2 is 1.65 bits per heavy atom. The third-order valence-corrected chi connectivity index (χ3v) is 5.31. The molecule has 2 fully saturated rings. The normalized spacial score (nSPS) is 18.6. The van der Waals surface area contributed by atoms with Gasteiger partial charge < -0.3 is 19.9 Å². The van der Waals surface area contributed by atoms with E-state index in [1.54, 1.807) is 0 Å². The van der Waals surface area contributed by atoms with E-state index in [2.05, 4.69) is 15.1 Å². The van der Waals surface area contributed by atoms with Gasteiger partial charge in [0.05, 0.1) is 13.2 Å². The minimum absolute atomic E-state index is 0.106. The first-order valence-electron chi connectivity index (χ1n) is 9.41. The molecule has 2 heterocycles. The third kappa shape index (κ3) is 5.40. The lowest BCUT2D eigenvalue weighted by Crippen LogP contribution is -2.53. The Balaban J connectivity index is 1.33. The van der Waals surface area contributed by atoms with Crippen molar-refractivity contribution in [3.8, 4) is 0 Å². The maximum atomic E-state index is 12.5. The summed E-state index contributed by atoms with van der Waals surface area (Å²) >= 11 is 5.52. The summed E-state index contributed by atoms with van der Waals surface area (Å²) in [6.07, 6.45) is 1.08. The second kappa shape index (κ2) is 9.85. The predicted octanol–water partition coefficient (Wildman–Crippen LogP) is 1.04. The highest BCUT2D eigenvalue weighted by Crippen LogP contribution is 2.09. The van der Waals surface area contributed by atoms with Crippen LogP contribution < -0.4 is 5.32 Å². The highest BCUT2D eigenvalue weighted by molar-refractivity contribution is 7.80. The lowest BCUT2D eigenvalue weighted by molar-refractivity contribution is 0.0375. The van der Waals surface area contributed by atoms with E-state index in [4.69, 9.17) is 17.0 Å². The Morgan fingerprint density at radius 3 is 2.35 bits per heavy atom. The Hall–Kier alpha value is -1.70. The number of hydrogen-bond donors (Lipinski definition) is 1. The summed E-state index contributed by atoms with van der Waals surface area (Å²) in [5.41, 5.74) is 0.754. The number of carbonyl (C=O) groups excluding carboxylic acids is 1. The SMILES string of the molecule is O=C(c1ccccc1)N1CCN(C(=S)NCCCN2CCOCC2)CC1. The molecule has 0 aromatic heterocycles. The predicted molar refractivity (Wildman–Crippen MR) is 106 cm³/mol. The third-order valence-electron chi connectivity index (χ3n) is 4.91. The van der Waals surface area contributed by atoms with Gasteiger partial charge in [0, 0.05) is 51.4 Å². The van der Waals surface area contributed by atoms with Gasteiger partial charge in [0.2, 0.25) is 0 Å². The number of carbonyl (C=O) groups is 1. The fourth-order valence-electron chi connectivity index (χ4n) is 3.31. The Labute approximate surface area is 161 Å². The minimum atomic E-state index is 0.106. The molecule has 1 N–H and O–H groups in total. The monoisotopic (exact) mass is 376 g/mol. The van der Waals surface area contributed by atoms with Gasteiger partial charge in [-0.1, -0.05) is 18.2 Å². The summed E-state index contributed by atoms with van der Waals surface area (Å²) < 4.78 is 5.36. The summed E-state index contributed by atoms with van der Waals surface area (Å²) in [6, 6.07) is 9.47. The first kappa shape index (κ1) is 19.1. The van der Waals surface area contributed by atoms with E-state index >= 15 is 0 Å². The van der Waals surface area contributed by atoms with E-state index in [1.165, 1.54) is 0 Å². The van der Waals surface area contributed by atoms with Crippen molar-refractivity contribution in [3.05, 3.63) is 35.9 Å². The Morgan fingerprint density at radius 1 is 1.00 bits per heavy atom. The molecule has 1 aromatic rings. The van der Waals surface area contributed by atoms with Gasteiger partial charge in [-0.15, -0.1) is 0 Å². The van der Waals surface area contributed by atoms with Crippen LogP contribution in [0.5, 0.6) is 0 Å². The molecular weight excluding hydrogens is 348 g/mol. The molecule has 0 unspecified atom stereocenters. The van der Waals surface area contributed by atoms with Crippen LogP contribution in [0, 0.1) is 0 Å². The molecule has 6 nitrogen and oxygen atoms in total. The number of morpholine rings is 1. The Bertz CT molecular complexity index is 584. The van der Waals surface area contributed by atoms with Gasteiger partial charge in [-0.2, -0.15) is 0 Å². The van der Waals surface area contributed by atoms with Gasteiger partial charge >= 0.3 is 0 Å². The molecule has 142 valence electrons. The molecule has 0 atom stereocenters. The molecule has 0 spiro atoms. The van der Waals surface area contributed by atoms with Gasteiger partial charge in [0.15, 0.2) is 5.11 Å². The second-order valence-electron chi connectivity index (χ2n) is 6.68. The fourth-order valence-corrected chi connectivity index (χ4v) is 3.60. The Kier molecular flexibility index (Phi) is 7.22. The number of nitrogens with one attached hydrogen (secondary N) is 1. The summed E-state index contributed by atoms with van der Waals surface area (Å²) in [5.74, 6) is 0.106. The molecule has 1 aromatic carbocycles. The molecule has 1 amide bonds. The van der Waals surface area contributed by atoms with Crippen LogP contribution in [0.25, 0.3) is 0 Å². The van der Waals surface area contributed by atoms with Crippen molar-refractivity contribution in [2.24, 2.45) is 0 Å². The molecule has 2 saturated heterocycles. The average molecular weight is 377 g/mol. The smallest absolute Gasteiger partial charge is 0.253 e. The van der Waals surface area contributed by atoms with Crippen LogP contribution in [0.1, 0.15) is 16.8 Å². The zero-order valence-corrected chi connectivity index (χ0v) is 16.0. The van der Waals surface area contributed by atoms with Crippen molar-refractivity contribution in [2.75, 3.05) is 65.6 Å². The highest BCUT2D eigenvalue weighted by Gasteiger charge is 2.23. The lowest BCUT2D eigenvalue weighted by atomic mass is 10.2. The molecule has 0 aliphatic carbocycles. The van der Waals surface area contributed by atoms with Crippen molar-refractivity contribution in [1.82, 2.24) is 20.0 Å². The van der Waals surface area contributed by atoms with Crippen LogP contribution in [-0.2, 0) is 4.74 Å². The van der Waals surface area contributed by atoms with Crippen LogP contribution >= 0.6 is 12.2 Å². The van der Waals surface area contributed by atoms with Gasteiger partial charge in [-0.25, -0.2) is 0 Å². The van der Waals surface area contributed by atoms with Crippen LogP contribution in [0.2, 0.25) is 0 Å². The first-order valence-corrected chi connectivity index (χ1v) is 9.82. The molecular formula is C19H28N4O2S. The quantitative estimate of drug-likeness (QED) is 0.612. The number of ether oxygens (including phenoxy) is 1. The number of benzene rings is 1. The van der Waals surface area contributed by atoms with Gasteiger partial charge in [-0.3, -0.25) is 9.69 Å². The highest BCUT2D eigenvalue weighted by atomic mass is 32.1. The van der Waals surface area contributed by atoms with Crippen molar-refractivity contribution in [2.45, 2.75) is 6.42 Å². The van der Waals surface area contributed by atoms with Crippen molar-refractivity contribution in [1.29, 1.82) is 0 Å². The number of amides is 1. The topological polar surface area (TPSA) is 48.1 Å². The maximum absolute atomic E-state index is 12.5. The van der Waals surface area contributed by atoms with Crippen molar-refractivity contribution in [3.63, 3.8) is 0 Å². The van der Waals surface area contributed by atoms with Crippen LogP contribution in [0.15, 0.2) is 30.3 Å². The minimum Gasteiger partial charge on any atom is -0.379 e. The maximum Gasteiger partial charge on any atom is 0.253 e. The number of rotatable bonds is 5. The van der Waals surface area contributed by atoms with E-state index in [0.29, 0.717) is 13.1 Å². The number of hydrogen-bond acceptors (Lipinski definition) is 4. The van der Waals surface area contributed by atoms with Crippen molar-refractivity contribution >= 4 is 23.2 Å². The fraction of sp³-hybridized carbons (Fsp3) is 0.579. The van der Waals surface area contributed by atoms with Crippen LogP contribution in [0.4, 0.5) is 0 Å². The van der Waals surface area contributed by atoms with E-state index in [1.807, 2.05) is 35.2 Å². The van der Waals surface area contributed by atoms with Gasteiger partial charge in [-0.05, 0) is 37.3 Å². The number of thiocarbonyl (C=S) groups is 1. The van der Waals surface area contributed by atoms with Crippen molar-refractivity contribution < 1.29 is 9.53 Å². The molecule has 2 aliphatic heterocycles. The summed E-state index contributed by atoms with van der Waals surface area (Å²) in [5, 5.41) is 4.17. The van der Waals surface area contributed by atoms with E-state index in [0.717, 1.165) is 69.6 Å². The summed E-state index contributed by atoms with van der Waals surface area (Å²) in [4.78, 5) is 19.0. The molecule has 0 radical (unpaired) electrons. The first-order chi connectivity index (χ1) is 12.7. The standard InChI is InChI=1S/C19H28N4O2S/c24-18(17-5-2-1-3-6-17)22-9-11-23(12-10-22)19(26)20-7-4-8-21-13-15-25-16-14-21/h1-3,5-6H,4,7-16H2,(H,20,26). The van der Waals surface area contributed by atoms with Crippen LogP contribution in [-0.4, -0.2) is 91.3 Å². The number of piperazine rings is 1. The van der Waals surface area contributed by atoms with Gasteiger partial charge in [0.1, 0.15) is 0 Å². The summed E-state index contributed by atoms with van der Waals surface area (Å²) in [6.45, 7) is 8.71. The number of nitrogens with zero attached hydrogens (tertiary/aromatic N) is 3. The van der Waals surface area contributed by atoms with E-state index < -0.39 is 0 Å². The molecule has 7 heteroatoms. The van der Waals surface area contributed by atoms with E-state index in [-0.39, 0.29) is 5.91 Å². The molecule has 2 aliphatic rings. The largest absolute Gasteiger partial charge is 0.379 e. The van der Waals surface area contributed by atoms with E-state index in [9.17, 15) is 4.79 Å². The van der Waals surface area contributed by atoms with Gasteiger partial charge in [0.25, 0.3) is 5.91 Å². The molecule has 26 heavy (non-hydrogen) atoms. The lowest BCUT2D eigenvalue weighted by Gasteiger charge is -2.36. The zero-order chi connectivity index (χ0) is 18.2. The molecule has 3 rings (SSSR count).